The Morgan fingerprint density at radius 3 is 2.80 bits per heavy atom. The van der Waals surface area contributed by atoms with E-state index in [1.807, 2.05) is 0 Å². The number of nitrogens with zero attached hydrogens (tertiary/aromatic N) is 1. The minimum Gasteiger partial charge on any atom is -0.435 e. The third-order valence-electron chi connectivity index (χ3n) is 1.45. The average Bonchev–Trinajstić information content (AvgIpc) is 2.17. The molecular weight excluding hydrogens is 208 g/mol. The van der Waals surface area contributed by atoms with Gasteiger partial charge in [-0.15, -0.1) is 4.99 Å². The topological polar surface area (TPSA) is 55.7 Å². The summed E-state index contributed by atoms with van der Waals surface area (Å²) >= 11 is 0. The van der Waals surface area contributed by atoms with Crippen molar-refractivity contribution in [3.8, 4) is 5.75 Å². The molecule has 1 rings (SSSR count). The maximum atomic E-state index is 11.8. The maximum Gasteiger partial charge on any atom is 0.387 e. The molecule has 0 atom stereocenters. The SMILES string of the molecule is O=C=NC(=O)c1cccc(OC(F)F)c1. The van der Waals surface area contributed by atoms with Crippen LogP contribution in [0, 0.1) is 0 Å². The van der Waals surface area contributed by atoms with E-state index in [-0.39, 0.29) is 11.3 Å². The van der Waals surface area contributed by atoms with Crippen LogP contribution >= 0.6 is 0 Å². The molecule has 0 N–H and O–H groups in total. The van der Waals surface area contributed by atoms with Crippen LogP contribution in [0.1, 0.15) is 10.4 Å². The van der Waals surface area contributed by atoms with E-state index in [1.165, 1.54) is 18.2 Å². The zero-order valence-corrected chi connectivity index (χ0v) is 7.31. The Morgan fingerprint density at radius 2 is 2.20 bits per heavy atom. The number of aliphatic imine (C=N–C) groups is 1. The van der Waals surface area contributed by atoms with Crippen molar-refractivity contribution >= 4 is 12.0 Å². The van der Waals surface area contributed by atoms with Crippen LogP contribution in [0.25, 0.3) is 0 Å². The van der Waals surface area contributed by atoms with Gasteiger partial charge in [0.1, 0.15) is 5.75 Å². The Kier molecular flexibility index (Phi) is 3.65. The van der Waals surface area contributed by atoms with Crippen LogP contribution in [0.4, 0.5) is 8.78 Å². The standard InChI is InChI=1S/C9H5F2NO3/c10-9(11)15-7-3-1-2-6(4-7)8(14)12-5-13/h1-4,9H. The van der Waals surface area contributed by atoms with Gasteiger partial charge in [-0.2, -0.15) is 8.78 Å². The highest BCUT2D eigenvalue weighted by Crippen LogP contribution is 2.16. The summed E-state index contributed by atoms with van der Waals surface area (Å²) in [4.78, 5) is 23.6. The molecule has 0 radical (unpaired) electrons. The number of carbonyl (C=O) groups is 1. The molecule has 0 aromatic heterocycles. The van der Waals surface area contributed by atoms with E-state index in [2.05, 4.69) is 9.73 Å². The summed E-state index contributed by atoms with van der Waals surface area (Å²) < 4.78 is 27.7. The van der Waals surface area contributed by atoms with E-state index in [9.17, 15) is 18.4 Å². The molecule has 0 heterocycles. The first-order chi connectivity index (χ1) is 7.13. The van der Waals surface area contributed by atoms with Crippen LogP contribution in [0.15, 0.2) is 29.3 Å². The Hall–Kier alpha value is -2.07. The number of hydrogen-bond acceptors (Lipinski definition) is 3. The quantitative estimate of drug-likeness (QED) is 0.567. The number of isocyanates is 1. The molecule has 0 saturated carbocycles. The lowest BCUT2D eigenvalue weighted by Crippen LogP contribution is -2.03. The minimum atomic E-state index is -2.97. The van der Waals surface area contributed by atoms with Crippen molar-refractivity contribution in [3.05, 3.63) is 29.8 Å². The van der Waals surface area contributed by atoms with Crippen LogP contribution in [-0.4, -0.2) is 18.6 Å². The van der Waals surface area contributed by atoms with Gasteiger partial charge in [0.25, 0.3) is 5.91 Å². The van der Waals surface area contributed by atoms with E-state index in [1.54, 1.807) is 0 Å². The summed E-state index contributed by atoms with van der Waals surface area (Å²) in [5.74, 6) is -1.03. The fourth-order valence-corrected chi connectivity index (χ4v) is 0.911. The van der Waals surface area contributed by atoms with Crippen molar-refractivity contribution < 1.29 is 23.1 Å². The molecule has 1 aromatic rings. The van der Waals surface area contributed by atoms with E-state index in [0.29, 0.717) is 0 Å². The number of carbonyl (C=O) groups excluding carboxylic acids is 2. The molecule has 0 saturated heterocycles. The molecule has 0 aliphatic rings. The molecule has 6 heteroatoms. The second-order valence-electron chi connectivity index (χ2n) is 2.41. The van der Waals surface area contributed by atoms with Gasteiger partial charge in [-0.25, -0.2) is 4.79 Å². The van der Waals surface area contributed by atoms with Gasteiger partial charge in [0.2, 0.25) is 6.08 Å². The molecule has 0 aliphatic carbocycles. The Labute approximate surface area is 83.2 Å². The van der Waals surface area contributed by atoms with Crippen molar-refractivity contribution in [3.63, 3.8) is 0 Å². The minimum absolute atomic E-state index is 0.0171. The Bertz CT molecular complexity index is 414. The normalized spacial score (nSPS) is 9.53. The molecule has 1 aromatic carbocycles. The van der Waals surface area contributed by atoms with Crippen LogP contribution in [0.3, 0.4) is 0 Å². The zero-order chi connectivity index (χ0) is 11.3. The summed E-state index contributed by atoms with van der Waals surface area (Å²) in [6.07, 6.45) is 1.06. The van der Waals surface area contributed by atoms with E-state index in [4.69, 9.17) is 0 Å². The molecule has 0 fully saturated rings. The molecule has 0 aliphatic heterocycles. The van der Waals surface area contributed by atoms with Gasteiger partial charge in [0.05, 0.1) is 0 Å². The van der Waals surface area contributed by atoms with E-state index >= 15 is 0 Å². The average molecular weight is 213 g/mol. The number of amides is 1. The predicted octanol–water partition coefficient (Wildman–Crippen LogP) is 1.76. The molecule has 4 nitrogen and oxygen atoms in total. The highest BCUT2D eigenvalue weighted by atomic mass is 19.3. The Morgan fingerprint density at radius 1 is 1.47 bits per heavy atom. The fourth-order valence-electron chi connectivity index (χ4n) is 0.911. The van der Waals surface area contributed by atoms with Gasteiger partial charge in [0.15, 0.2) is 0 Å². The van der Waals surface area contributed by atoms with Crippen LogP contribution < -0.4 is 4.74 Å². The van der Waals surface area contributed by atoms with Crippen molar-refractivity contribution in [1.82, 2.24) is 0 Å². The smallest absolute Gasteiger partial charge is 0.387 e. The zero-order valence-electron chi connectivity index (χ0n) is 7.31. The lowest BCUT2D eigenvalue weighted by atomic mass is 10.2. The summed E-state index contributed by atoms with van der Waals surface area (Å²) in [5, 5.41) is 0. The van der Waals surface area contributed by atoms with Gasteiger partial charge in [-0.3, -0.25) is 4.79 Å². The highest BCUT2D eigenvalue weighted by molar-refractivity contribution is 5.97. The number of hydrogen-bond donors (Lipinski definition) is 0. The summed E-state index contributed by atoms with van der Waals surface area (Å²) in [6.45, 7) is -2.97. The first-order valence-electron chi connectivity index (χ1n) is 3.80. The maximum absolute atomic E-state index is 11.8. The lowest BCUT2D eigenvalue weighted by molar-refractivity contribution is -0.0498. The largest absolute Gasteiger partial charge is 0.435 e. The highest BCUT2D eigenvalue weighted by Gasteiger charge is 2.08. The molecule has 0 unspecified atom stereocenters. The number of benzene rings is 1. The van der Waals surface area contributed by atoms with Crippen LogP contribution in [0.5, 0.6) is 5.75 Å². The van der Waals surface area contributed by atoms with Crippen molar-refractivity contribution in [2.24, 2.45) is 4.99 Å². The number of alkyl halides is 2. The van der Waals surface area contributed by atoms with Crippen LogP contribution in [-0.2, 0) is 4.79 Å². The summed E-state index contributed by atoms with van der Waals surface area (Å²) in [5.41, 5.74) is -0.0171. The second kappa shape index (κ2) is 4.97. The third kappa shape index (κ3) is 3.28. The Balaban J connectivity index is 2.92. The molecule has 15 heavy (non-hydrogen) atoms. The van der Waals surface area contributed by atoms with Gasteiger partial charge < -0.3 is 4.74 Å². The van der Waals surface area contributed by atoms with E-state index in [0.717, 1.165) is 12.1 Å². The van der Waals surface area contributed by atoms with Crippen molar-refractivity contribution in [2.75, 3.05) is 0 Å². The number of halogens is 2. The van der Waals surface area contributed by atoms with Gasteiger partial charge in [0, 0.05) is 5.56 Å². The van der Waals surface area contributed by atoms with Crippen molar-refractivity contribution in [1.29, 1.82) is 0 Å². The first-order valence-corrected chi connectivity index (χ1v) is 3.80. The van der Waals surface area contributed by atoms with Crippen LogP contribution in [0.2, 0.25) is 0 Å². The van der Waals surface area contributed by atoms with E-state index < -0.39 is 12.5 Å². The molecular formula is C9H5F2NO3. The monoisotopic (exact) mass is 213 g/mol. The van der Waals surface area contributed by atoms with Crippen molar-refractivity contribution in [2.45, 2.75) is 6.61 Å². The first kappa shape index (κ1) is 11.0. The molecule has 1 amide bonds. The third-order valence-corrected chi connectivity index (χ3v) is 1.45. The van der Waals surface area contributed by atoms with Gasteiger partial charge >= 0.3 is 6.61 Å². The molecule has 78 valence electrons. The van der Waals surface area contributed by atoms with Gasteiger partial charge in [-0.1, -0.05) is 6.07 Å². The number of ether oxygens (including phenoxy) is 1. The fraction of sp³-hybridized carbons (Fsp3) is 0.111. The molecule has 0 bridgehead atoms. The number of rotatable bonds is 3. The van der Waals surface area contributed by atoms with Gasteiger partial charge in [-0.05, 0) is 18.2 Å². The second-order valence-corrected chi connectivity index (χ2v) is 2.41. The lowest BCUT2D eigenvalue weighted by Gasteiger charge is -2.04. The summed E-state index contributed by atoms with van der Waals surface area (Å²) in [6, 6.07) is 4.98. The molecule has 0 spiro atoms. The summed E-state index contributed by atoms with van der Waals surface area (Å²) in [7, 11) is 0. The predicted molar refractivity (Wildman–Crippen MR) is 45.5 cm³/mol.